The standard InChI is InChI=1S/C27H32N4O4S/c1-6-17(2)28-22(32)15-31-23(33)16-36-26(20-14-19(34-4)12-13-21(20)35-5)24-25(29-30(3)27(24)31)18-10-8-7-9-11-18/h7-14,17,26H,6,15-16H2,1-5H3,(H,28,32)/t17-,26-/m1/s1. The van der Waals surface area contributed by atoms with Crippen molar-refractivity contribution in [3.05, 3.63) is 59.7 Å². The predicted molar refractivity (Wildman–Crippen MR) is 143 cm³/mol. The molecule has 2 heterocycles. The number of ether oxygens (including phenoxy) is 2. The van der Waals surface area contributed by atoms with Crippen LogP contribution in [0.25, 0.3) is 11.3 Å². The van der Waals surface area contributed by atoms with Crippen LogP contribution in [0, 0.1) is 0 Å². The van der Waals surface area contributed by atoms with Gasteiger partial charge in [0.1, 0.15) is 23.9 Å². The molecule has 9 heteroatoms. The number of carbonyl (C=O) groups is 2. The van der Waals surface area contributed by atoms with Crippen molar-refractivity contribution in [1.82, 2.24) is 15.1 Å². The number of fused-ring (bicyclic) bond motifs is 1. The summed E-state index contributed by atoms with van der Waals surface area (Å²) in [5.41, 5.74) is 3.44. The lowest BCUT2D eigenvalue weighted by Gasteiger charge is -2.23. The Balaban J connectivity index is 1.91. The Kier molecular flexibility index (Phi) is 7.88. The van der Waals surface area contributed by atoms with Crippen LogP contribution >= 0.6 is 11.8 Å². The molecule has 36 heavy (non-hydrogen) atoms. The van der Waals surface area contributed by atoms with Crippen LogP contribution in [-0.2, 0) is 16.6 Å². The quantitative estimate of drug-likeness (QED) is 0.491. The monoisotopic (exact) mass is 508 g/mol. The third-order valence-electron chi connectivity index (χ3n) is 6.33. The van der Waals surface area contributed by atoms with E-state index in [1.54, 1.807) is 23.8 Å². The third kappa shape index (κ3) is 5.06. The van der Waals surface area contributed by atoms with E-state index in [2.05, 4.69) is 5.32 Å². The van der Waals surface area contributed by atoms with Crippen LogP contribution in [0.1, 0.15) is 36.6 Å². The molecule has 0 radical (unpaired) electrons. The van der Waals surface area contributed by atoms with Crippen molar-refractivity contribution in [3.63, 3.8) is 0 Å². The van der Waals surface area contributed by atoms with Crippen LogP contribution in [-0.4, -0.2) is 54.2 Å². The van der Waals surface area contributed by atoms with Gasteiger partial charge in [0.05, 0.1) is 30.9 Å². The summed E-state index contributed by atoms with van der Waals surface area (Å²) in [6, 6.07) is 15.6. The van der Waals surface area contributed by atoms with E-state index in [9.17, 15) is 9.59 Å². The van der Waals surface area contributed by atoms with Crippen molar-refractivity contribution < 1.29 is 19.1 Å². The van der Waals surface area contributed by atoms with Gasteiger partial charge in [0, 0.05) is 29.8 Å². The fourth-order valence-electron chi connectivity index (χ4n) is 4.36. The number of amides is 2. The Morgan fingerprint density at radius 3 is 2.61 bits per heavy atom. The molecule has 1 aliphatic heterocycles. The van der Waals surface area contributed by atoms with Crippen LogP contribution in [0.4, 0.5) is 5.82 Å². The molecule has 1 aromatic heterocycles. The number of aromatic nitrogens is 2. The smallest absolute Gasteiger partial charge is 0.240 e. The first kappa shape index (κ1) is 25.6. The zero-order valence-corrected chi connectivity index (χ0v) is 22.1. The minimum Gasteiger partial charge on any atom is -0.497 e. The van der Waals surface area contributed by atoms with Crippen molar-refractivity contribution in [2.75, 3.05) is 31.4 Å². The van der Waals surface area contributed by atoms with Crippen LogP contribution in [0.15, 0.2) is 48.5 Å². The van der Waals surface area contributed by atoms with E-state index in [-0.39, 0.29) is 35.4 Å². The number of carbonyl (C=O) groups excluding carboxylic acids is 2. The van der Waals surface area contributed by atoms with Gasteiger partial charge in [-0.25, -0.2) is 0 Å². The van der Waals surface area contributed by atoms with Crippen molar-refractivity contribution in [2.45, 2.75) is 31.6 Å². The molecule has 1 N–H and O–H groups in total. The molecule has 4 rings (SSSR count). The van der Waals surface area contributed by atoms with E-state index < -0.39 is 0 Å². The molecule has 2 atom stereocenters. The molecule has 0 saturated carbocycles. The molecule has 0 fully saturated rings. The molecule has 0 saturated heterocycles. The molecule has 0 unspecified atom stereocenters. The van der Waals surface area contributed by atoms with Crippen molar-refractivity contribution >= 4 is 29.4 Å². The second-order valence-corrected chi connectivity index (χ2v) is 9.82. The highest BCUT2D eigenvalue weighted by Crippen LogP contribution is 2.50. The van der Waals surface area contributed by atoms with Gasteiger partial charge in [-0.05, 0) is 31.5 Å². The molecule has 2 amide bonds. The summed E-state index contributed by atoms with van der Waals surface area (Å²) < 4.78 is 12.9. The number of thioether (sulfide) groups is 1. The Morgan fingerprint density at radius 1 is 1.19 bits per heavy atom. The highest BCUT2D eigenvalue weighted by Gasteiger charge is 2.37. The maximum absolute atomic E-state index is 13.4. The normalized spacial score (nSPS) is 16.2. The van der Waals surface area contributed by atoms with Gasteiger partial charge in [-0.3, -0.25) is 19.2 Å². The molecule has 190 valence electrons. The molecule has 8 nitrogen and oxygen atoms in total. The van der Waals surface area contributed by atoms with E-state index in [0.29, 0.717) is 17.3 Å². The first-order valence-corrected chi connectivity index (χ1v) is 13.0. The highest BCUT2D eigenvalue weighted by molar-refractivity contribution is 8.00. The number of benzene rings is 2. The average Bonchev–Trinajstić information content (AvgIpc) is 3.16. The number of methoxy groups -OCH3 is 2. The first-order chi connectivity index (χ1) is 17.4. The molecule has 0 aliphatic carbocycles. The van der Waals surface area contributed by atoms with Crippen molar-refractivity contribution in [2.24, 2.45) is 7.05 Å². The summed E-state index contributed by atoms with van der Waals surface area (Å²) in [6.07, 6.45) is 0.808. The molecule has 0 bridgehead atoms. The zero-order chi connectivity index (χ0) is 25.8. The number of nitrogens with zero attached hydrogens (tertiary/aromatic N) is 3. The third-order valence-corrected chi connectivity index (χ3v) is 7.57. The molecule has 3 aromatic rings. The van der Waals surface area contributed by atoms with Gasteiger partial charge < -0.3 is 14.8 Å². The Bertz CT molecular complexity index is 1240. The van der Waals surface area contributed by atoms with Crippen LogP contribution in [0.2, 0.25) is 0 Å². The Morgan fingerprint density at radius 2 is 1.94 bits per heavy atom. The molecular weight excluding hydrogens is 476 g/mol. The second kappa shape index (κ2) is 11.1. The lowest BCUT2D eigenvalue weighted by atomic mass is 9.98. The molecule has 2 aromatic carbocycles. The van der Waals surface area contributed by atoms with Gasteiger partial charge in [-0.1, -0.05) is 37.3 Å². The van der Waals surface area contributed by atoms with E-state index in [0.717, 1.165) is 28.8 Å². The fraction of sp³-hybridized carbons (Fsp3) is 0.370. The second-order valence-electron chi connectivity index (χ2n) is 8.73. The maximum atomic E-state index is 13.4. The minimum absolute atomic E-state index is 0.0219. The lowest BCUT2D eigenvalue weighted by Crippen LogP contribution is -2.44. The molecule has 1 aliphatic rings. The number of aryl methyl sites for hydroxylation is 1. The zero-order valence-electron chi connectivity index (χ0n) is 21.3. The maximum Gasteiger partial charge on any atom is 0.240 e. The van der Waals surface area contributed by atoms with Crippen molar-refractivity contribution in [3.8, 4) is 22.8 Å². The fourth-order valence-corrected chi connectivity index (χ4v) is 5.57. The van der Waals surface area contributed by atoms with E-state index in [1.165, 1.54) is 11.8 Å². The summed E-state index contributed by atoms with van der Waals surface area (Å²) in [5.74, 6) is 1.85. The Labute approximate surface area is 216 Å². The highest BCUT2D eigenvalue weighted by atomic mass is 32.2. The number of nitrogens with one attached hydrogen (secondary N) is 1. The largest absolute Gasteiger partial charge is 0.497 e. The van der Waals surface area contributed by atoms with Gasteiger partial charge >= 0.3 is 0 Å². The van der Waals surface area contributed by atoms with Crippen LogP contribution < -0.4 is 19.7 Å². The Hall–Kier alpha value is -3.46. The van der Waals surface area contributed by atoms with Crippen molar-refractivity contribution in [1.29, 1.82) is 0 Å². The van der Waals surface area contributed by atoms with Crippen LogP contribution in [0.3, 0.4) is 0 Å². The average molecular weight is 509 g/mol. The number of anilines is 1. The molecular formula is C27H32N4O4S. The summed E-state index contributed by atoms with van der Waals surface area (Å²) in [6.45, 7) is 3.88. The van der Waals surface area contributed by atoms with E-state index in [1.807, 2.05) is 69.4 Å². The SMILES string of the molecule is CC[C@@H](C)NC(=O)CN1C(=O)CS[C@H](c2cc(OC)ccc2OC)c2c(-c3ccccc3)nn(C)c21. The minimum atomic E-state index is -0.277. The lowest BCUT2D eigenvalue weighted by molar-refractivity contribution is -0.123. The number of rotatable bonds is 8. The summed E-state index contributed by atoms with van der Waals surface area (Å²) in [5, 5.41) is 7.55. The number of hydrogen-bond acceptors (Lipinski definition) is 6. The topological polar surface area (TPSA) is 85.7 Å². The summed E-state index contributed by atoms with van der Waals surface area (Å²) in [7, 11) is 5.07. The summed E-state index contributed by atoms with van der Waals surface area (Å²) in [4.78, 5) is 27.9. The predicted octanol–water partition coefficient (Wildman–Crippen LogP) is 4.19. The van der Waals surface area contributed by atoms with Gasteiger partial charge in [-0.2, -0.15) is 5.10 Å². The van der Waals surface area contributed by atoms with Gasteiger partial charge in [0.25, 0.3) is 0 Å². The van der Waals surface area contributed by atoms with E-state index in [4.69, 9.17) is 14.6 Å². The number of hydrogen-bond donors (Lipinski definition) is 1. The molecule has 0 spiro atoms. The van der Waals surface area contributed by atoms with Gasteiger partial charge in [0.15, 0.2) is 0 Å². The van der Waals surface area contributed by atoms with Gasteiger partial charge in [0.2, 0.25) is 11.8 Å². The first-order valence-electron chi connectivity index (χ1n) is 11.9. The van der Waals surface area contributed by atoms with E-state index >= 15 is 0 Å². The van der Waals surface area contributed by atoms with Crippen LogP contribution in [0.5, 0.6) is 11.5 Å². The summed E-state index contributed by atoms with van der Waals surface area (Å²) >= 11 is 1.50. The van der Waals surface area contributed by atoms with Gasteiger partial charge in [-0.15, -0.1) is 11.8 Å².